The summed E-state index contributed by atoms with van der Waals surface area (Å²) in [7, 11) is -2.13. The van der Waals surface area contributed by atoms with Crippen molar-refractivity contribution in [3.05, 3.63) is 78.5 Å². The summed E-state index contributed by atoms with van der Waals surface area (Å²) in [6, 6.07) is 22.4. The fourth-order valence-corrected chi connectivity index (χ4v) is 7.26. The van der Waals surface area contributed by atoms with Gasteiger partial charge in [-0.3, -0.25) is 0 Å². The van der Waals surface area contributed by atoms with Gasteiger partial charge in [-0.05, 0) is 36.1 Å². The molecule has 0 amide bonds. The molecule has 3 rings (SSSR count). The fraction of sp³-hybridized carbons (Fsp3) is 0.300. The zero-order valence-electron chi connectivity index (χ0n) is 13.5. The van der Waals surface area contributed by atoms with Crippen molar-refractivity contribution in [1.29, 1.82) is 0 Å². The molecular weight excluding hydrogens is 284 g/mol. The van der Waals surface area contributed by atoms with Gasteiger partial charge in [0.05, 0.1) is 5.60 Å². The third-order valence-corrected chi connectivity index (χ3v) is 9.01. The molecule has 1 aliphatic heterocycles. The van der Waals surface area contributed by atoms with Crippen LogP contribution in [0.1, 0.15) is 25.8 Å². The summed E-state index contributed by atoms with van der Waals surface area (Å²) in [5.74, 6) is 0.499. The van der Waals surface area contributed by atoms with Crippen molar-refractivity contribution in [2.75, 3.05) is 0 Å². The molecule has 0 saturated carbocycles. The lowest BCUT2D eigenvalue weighted by Gasteiger charge is -2.49. The Bertz CT molecular complexity index is 639. The predicted octanol–water partition coefficient (Wildman–Crippen LogP) is 4.54. The molecule has 1 aliphatic rings. The van der Waals surface area contributed by atoms with Crippen molar-refractivity contribution in [1.82, 2.24) is 0 Å². The molecule has 114 valence electrons. The summed E-state index contributed by atoms with van der Waals surface area (Å²) in [6.45, 7) is 8.71. The molecule has 0 aromatic heterocycles. The largest absolute Gasteiger partial charge is 0.399 e. The number of rotatable bonds is 3. The molecule has 22 heavy (non-hydrogen) atoms. The smallest absolute Gasteiger partial charge is 0.249 e. The van der Waals surface area contributed by atoms with Crippen molar-refractivity contribution in [3.63, 3.8) is 0 Å². The van der Waals surface area contributed by atoms with Crippen LogP contribution < -0.4 is 5.19 Å². The SMILES string of the molecule is C=C[Si]1(c2ccccc2)CCC(C)C(C)(c2ccccc2)O1. The van der Waals surface area contributed by atoms with E-state index in [-0.39, 0.29) is 5.60 Å². The lowest BCUT2D eigenvalue weighted by Crippen LogP contribution is -2.58. The molecule has 1 fully saturated rings. The molecule has 2 aromatic rings. The van der Waals surface area contributed by atoms with E-state index in [2.05, 4.69) is 86.8 Å². The lowest BCUT2D eigenvalue weighted by atomic mass is 9.82. The zero-order valence-corrected chi connectivity index (χ0v) is 14.5. The first-order chi connectivity index (χ1) is 10.6. The van der Waals surface area contributed by atoms with Gasteiger partial charge in [0.15, 0.2) is 0 Å². The molecular formula is C20H24OSi. The summed E-state index contributed by atoms with van der Waals surface area (Å²) >= 11 is 0. The maximum Gasteiger partial charge on any atom is 0.249 e. The van der Waals surface area contributed by atoms with Crippen LogP contribution in [0, 0.1) is 5.92 Å². The van der Waals surface area contributed by atoms with Gasteiger partial charge in [0.1, 0.15) is 0 Å². The minimum Gasteiger partial charge on any atom is -0.399 e. The van der Waals surface area contributed by atoms with Crippen LogP contribution in [0.4, 0.5) is 0 Å². The van der Waals surface area contributed by atoms with Crippen molar-refractivity contribution >= 4 is 13.5 Å². The van der Waals surface area contributed by atoms with Gasteiger partial charge in [-0.1, -0.05) is 73.3 Å². The Hall–Kier alpha value is -1.64. The Kier molecular flexibility index (Phi) is 4.07. The Labute approximate surface area is 134 Å². The Morgan fingerprint density at radius 3 is 2.27 bits per heavy atom. The van der Waals surface area contributed by atoms with E-state index >= 15 is 0 Å². The molecule has 3 atom stereocenters. The topological polar surface area (TPSA) is 9.23 Å². The summed E-state index contributed by atoms with van der Waals surface area (Å²) in [5.41, 5.74) is 3.15. The molecule has 1 saturated heterocycles. The second-order valence-corrected chi connectivity index (χ2v) is 9.94. The van der Waals surface area contributed by atoms with E-state index in [1.54, 1.807) is 0 Å². The highest BCUT2D eigenvalue weighted by Crippen LogP contribution is 2.44. The van der Waals surface area contributed by atoms with Gasteiger partial charge in [-0.25, -0.2) is 0 Å². The predicted molar refractivity (Wildman–Crippen MR) is 95.5 cm³/mol. The van der Waals surface area contributed by atoms with Gasteiger partial charge in [0, 0.05) is 0 Å². The molecule has 3 unspecified atom stereocenters. The van der Waals surface area contributed by atoms with Crippen LogP contribution in [0.2, 0.25) is 6.04 Å². The van der Waals surface area contributed by atoms with Crippen LogP contribution in [0.3, 0.4) is 0 Å². The van der Waals surface area contributed by atoms with E-state index in [9.17, 15) is 0 Å². The van der Waals surface area contributed by atoms with Crippen LogP contribution in [0.5, 0.6) is 0 Å². The molecule has 0 aliphatic carbocycles. The fourth-order valence-electron chi connectivity index (χ4n) is 3.53. The Morgan fingerprint density at radius 1 is 1.09 bits per heavy atom. The summed E-state index contributed by atoms with van der Waals surface area (Å²) in [4.78, 5) is 0. The van der Waals surface area contributed by atoms with E-state index in [0.29, 0.717) is 5.92 Å². The van der Waals surface area contributed by atoms with Crippen molar-refractivity contribution < 1.29 is 4.43 Å². The normalized spacial score (nSPS) is 31.6. The first kappa shape index (κ1) is 15.3. The summed E-state index contributed by atoms with van der Waals surface area (Å²) < 4.78 is 6.92. The first-order valence-corrected chi connectivity index (χ1v) is 10.2. The standard InChI is InChI=1S/C20H24OSi/c1-4-22(19-13-9-6-10-14-19)16-15-17(2)20(3,21-22)18-11-7-5-8-12-18/h4-14,17H,1,15-16H2,2-3H3. The van der Waals surface area contributed by atoms with Gasteiger partial charge in [-0.15, -0.1) is 6.58 Å². The van der Waals surface area contributed by atoms with Gasteiger partial charge in [0.25, 0.3) is 0 Å². The lowest BCUT2D eigenvalue weighted by molar-refractivity contribution is 0.00435. The molecule has 1 heterocycles. The van der Waals surface area contributed by atoms with Crippen molar-refractivity contribution in [2.45, 2.75) is 31.9 Å². The van der Waals surface area contributed by atoms with Gasteiger partial charge in [0.2, 0.25) is 8.32 Å². The van der Waals surface area contributed by atoms with Crippen molar-refractivity contribution in [3.8, 4) is 0 Å². The van der Waals surface area contributed by atoms with E-state index in [4.69, 9.17) is 4.43 Å². The molecule has 2 heteroatoms. The number of hydrogen-bond donors (Lipinski definition) is 0. The summed E-state index contributed by atoms with van der Waals surface area (Å²) in [5, 5.41) is 1.33. The number of benzene rings is 2. The zero-order chi connectivity index (χ0) is 15.6. The Balaban J connectivity index is 2.05. The van der Waals surface area contributed by atoms with Crippen LogP contribution in [-0.2, 0) is 10.0 Å². The molecule has 0 radical (unpaired) electrons. The monoisotopic (exact) mass is 308 g/mol. The molecule has 0 N–H and O–H groups in total. The van der Waals surface area contributed by atoms with Crippen LogP contribution in [-0.4, -0.2) is 8.32 Å². The molecule has 2 aromatic carbocycles. The average molecular weight is 308 g/mol. The van der Waals surface area contributed by atoms with Crippen molar-refractivity contribution in [2.24, 2.45) is 5.92 Å². The minimum atomic E-state index is -2.13. The van der Waals surface area contributed by atoms with Crippen LogP contribution in [0.15, 0.2) is 72.9 Å². The summed E-state index contributed by atoms with van der Waals surface area (Å²) in [6.07, 6.45) is 1.18. The van der Waals surface area contributed by atoms with E-state index in [1.165, 1.54) is 17.2 Å². The van der Waals surface area contributed by atoms with E-state index in [1.807, 2.05) is 0 Å². The second kappa shape index (κ2) is 5.86. The van der Waals surface area contributed by atoms with Gasteiger partial charge < -0.3 is 4.43 Å². The van der Waals surface area contributed by atoms with E-state index in [0.717, 1.165) is 6.04 Å². The maximum atomic E-state index is 6.92. The molecule has 0 spiro atoms. The average Bonchev–Trinajstić information content (AvgIpc) is 2.59. The quantitative estimate of drug-likeness (QED) is 0.757. The third kappa shape index (κ3) is 2.47. The third-order valence-electron chi connectivity index (χ3n) is 5.22. The maximum absolute atomic E-state index is 6.92. The Morgan fingerprint density at radius 2 is 1.68 bits per heavy atom. The second-order valence-electron chi connectivity index (χ2n) is 6.47. The molecule has 1 nitrogen and oxygen atoms in total. The highest BCUT2D eigenvalue weighted by atomic mass is 28.4. The van der Waals surface area contributed by atoms with E-state index < -0.39 is 8.32 Å². The first-order valence-electron chi connectivity index (χ1n) is 8.05. The van der Waals surface area contributed by atoms with Crippen LogP contribution >= 0.6 is 0 Å². The number of hydrogen-bond acceptors (Lipinski definition) is 1. The van der Waals surface area contributed by atoms with Gasteiger partial charge in [-0.2, -0.15) is 0 Å². The minimum absolute atomic E-state index is 0.240. The highest BCUT2D eigenvalue weighted by molar-refractivity contribution is 6.90. The van der Waals surface area contributed by atoms with Crippen LogP contribution in [0.25, 0.3) is 0 Å². The molecule has 0 bridgehead atoms. The highest BCUT2D eigenvalue weighted by Gasteiger charge is 2.49. The van der Waals surface area contributed by atoms with Gasteiger partial charge >= 0.3 is 0 Å².